The molecule has 2 rings (SSSR count). The van der Waals surface area contributed by atoms with Gasteiger partial charge >= 0.3 is 5.97 Å². The van der Waals surface area contributed by atoms with E-state index < -0.39 is 41.8 Å². The van der Waals surface area contributed by atoms with Crippen LogP contribution < -0.4 is 16.0 Å². The first-order chi connectivity index (χ1) is 17.1. The Morgan fingerprint density at radius 1 is 0.722 bits per heavy atom. The van der Waals surface area contributed by atoms with Crippen molar-refractivity contribution in [1.29, 1.82) is 0 Å². The predicted octanol–water partition coefficient (Wildman–Crippen LogP) is 1.63. The molecule has 0 saturated carbocycles. The Hall–Kier alpha value is -4.08. The van der Waals surface area contributed by atoms with Gasteiger partial charge in [-0.2, -0.15) is 0 Å². The molecule has 0 bridgehead atoms. The van der Waals surface area contributed by atoms with Crippen LogP contribution in [0.15, 0.2) is 48.5 Å². The number of phenols is 2. The van der Waals surface area contributed by atoms with Crippen molar-refractivity contribution < 1.29 is 34.5 Å². The number of carbonyl (C=O) groups is 4. The van der Waals surface area contributed by atoms with Crippen molar-refractivity contribution in [3.8, 4) is 11.5 Å². The Kier molecular flexibility index (Phi) is 10.7. The van der Waals surface area contributed by atoms with Gasteiger partial charge in [-0.25, -0.2) is 4.79 Å². The highest BCUT2D eigenvalue weighted by Crippen LogP contribution is 2.14. The second kappa shape index (κ2) is 13.7. The minimum atomic E-state index is -1.17. The summed E-state index contributed by atoms with van der Waals surface area (Å²) in [6.45, 7) is 3.17. The van der Waals surface area contributed by atoms with E-state index in [-0.39, 0.29) is 30.8 Å². The number of nitrogens with one attached hydrogen (secondary N) is 3. The molecule has 0 aromatic heterocycles. The van der Waals surface area contributed by atoms with Gasteiger partial charge in [-0.3, -0.25) is 14.4 Å². The third-order valence-electron chi connectivity index (χ3n) is 5.54. The number of carboxylic acids is 1. The molecule has 0 radical (unpaired) electrons. The molecule has 194 valence electrons. The number of aromatic hydroxyl groups is 2. The van der Waals surface area contributed by atoms with Crippen molar-refractivity contribution in [1.82, 2.24) is 16.0 Å². The van der Waals surface area contributed by atoms with Crippen LogP contribution in [0.1, 0.15) is 44.2 Å². The third-order valence-corrected chi connectivity index (χ3v) is 5.54. The Morgan fingerprint density at radius 3 is 1.53 bits per heavy atom. The molecule has 0 aliphatic carbocycles. The molecule has 2 aromatic rings. The van der Waals surface area contributed by atoms with Gasteiger partial charge in [0, 0.05) is 19.8 Å². The predicted molar refractivity (Wildman–Crippen MR) is 132 cm³/mol. The highest BCUT2D eigenvalue weighted by molar-refractivity contribution is 5.93. The number of hydrogen-bond donors (Lipinski definition) is 6. The monoisotopic (exact) mass is 499 g/mol. The first-order valence-corrected chi connectivity index (χ1v) is 11.8. The molecular formula is C26H33N3O7. The molecule has 2 aromatic carbocycles. The van der Waals surface area contributed by atoms with Crippen molar-refractivity contribution in [2.75, 3.05) is 0 Å². The maximum atomic E-state index is 13.2. The van der Waals surface area contributed by atoms with Crippen LogP contribution in [-0.4, -0.2) is 57.1 Å². The quantitative estimate of drug-likeness (QED) is 0.244. The van der Waals surface area contributed by atoms with Gasteiger partial charge < -0.3 is 31.3 Å². The number of carbonyl (C=O) groups excluding carboxylic acids is 3. The largest absolute Gasteiger partial charge is 0.508 e. The molecule has 0 heterocycles. The average Bonchev–Trinajstić information content (AvgIpc) is 2.83. The first kappa shape index (κ1) is 28.2. The van der Waals surface area contributed by atoms with Gasteiger partial charge in [0.25, 0.3) is 0 Å². The number of benzene rings is 2. The summed E-state index contributed by atoms with van der Waals surface area (Å²) in [6, 6.07) is 8.95. The number of unbranched alkanes of at least 4 members (excludes halogenated alkanes) is 1. The fourth-order valence-corrected chi connectivity index (χ4v) is 3.61. The van der Waals surface area contributed by atoms with E-state index in [4.69, 9.17) is 0 Å². The standard InChI is InChI=1S/C26H33N3O7/c1-3-4-5-21(26(35)36)28-25(34)23(15-18-8-12-20(32)13-9-18)29-24(33)22(27-16(2)30)14-17-6-10-19(31)11-7-17/h6-13,21-23,31-32H,3-5,14-15H2,1-2H3,(H,27,30)(H,28,34)(H,29,33)(H,35,36)/t21-,22-,23-/m0/s1. The Bertz CT molecular complexity index is 1040. The zero-order valence-corrected chi connectivity index (χ0v) is 20.4. The van der Waals surface area contributed by atoms with Gasteiger partial charge in [-0.1, -0.05) is 44.0 Å². The lowest BCUT2D eigenvalue weighted by atomic mass is 10.0. The Labute approximate surface area is 209 Å². The normalized spacial score (nSPS) is 13.2. The summed E-state index contributed by atoms with van der Waals surface area (Å²) in [5, 5.41) is 36.3. The van der Waals surface area contributed by atoms with Gasteiger partial charge in [0.1, 0.15) is 29.6 Å². The number of carboxylic acid groups (broad SMARTS) is 1. The van der Waals surface area contributed by atoms with Crippen LogP contribution in [0.4, 0.5) is 0 Å². The van der Waals surface area contributed by atoms with E-state index in [9.17, 15) is 34.5 Å². The van der Waals surface area contributed by atoms with Gasteiger partial charge in [0.05, 0.1) is 0 Å². The molecule has 0 aliphatic heterocycles. The summed E-state index contributed by atoms with van der Waals surface area (Å²) in [7, 11) is 0. The first-order valence-electron chi connectivity index (χ1n) is 11.8. The van der Waals surface area contributed by atoms with E-state index >= 15 is 0 Å². The Balaban J connectivity index is 2.25. The molecule has 0 spiro atoms. The maximum Gasteiger partial charge on any atom is 0.326 e. The molecule has 10 nitrogen and oxygen atoms in total. The number of hydrogen-bond acceptors (Lipinski definition) is 6. The Morgan fingerprint density at radius 2 is 1.14 bits per heavy atom. The highest BCUT2D eigenvalue weighted by Gasteiger charge is 2.29. The van der Waals surface area contributed by atoms with E-state index in [1.807, 2.05) is 6.92 Å². The van der Waals surface area contributed by atoms with Crippen LogP contribution in [0, 0.1) is 0 Å². The fourth-order valence-electron chi connectivity index (χ4n) is 3.61. The average molecular weight is 500 g/mol. The smallest absolute Gasteiger partial charge is 0.326 e. The minimum Gasteiger partial charge on any atom is -0.508 e. The minimum absolute atomic E-state index is 0.0317. The van der Waals surface area contributed by atoms with Crippen molar-refractivity contribution in [2.45, 2.75) is 64.1 Å². The topological polar surface area (TPSA) is 165 Å². The zero-order chi connectivity index (χ0) is 26.7. The van der Waals surface area contributed by atoms with E-state index in [1.54, 1.807) is 24.3 Å². The van der Waals surface area contributed by atoms with Gasteiger partial charge in [0.2, 0.25) is 17.7 Å². The number of phenolic OH excluding ortho intramolecular Hbond substituents is 2. The molecule has 36 heavy (non-hydrogen) atoms. The van der Waals surface area contributed by atoms with Crippen molar-refractivity contribution in [3.05, 3.63) is 59.7 Å². The molecule has 0 saturated heterocycles. The van der Waals surface area contributed by atoms with E-state index in [1.165, 1.54) is 31.2 Å². The zero-order valence-electron chi connectivity index (χ0n) is 20.4. The highest BCUT2D eigenvalue weighted by atomic mass is 16.4. The van der Waals surface area contributed by atoms with Gasteiger partial charge in [-0.15, -0.1) is 0 Å². The van der Waals surface area contributed by atoms with Crippen LogP contribution in [0.5, 0.6) is 11.5 Å². The summed E-state index contributed by atoms with van der Waals surface area (Å²) in [6.07, 6.45) is 1.73. The second-order valence-electron chi connectivity index (χ2n) is 8.60. The third kappa shape index (κ3) is 9.28. The molecule has 10 heteroatoms. The summed E-state index contributed by atoms with van der Waals surface area (Å²) >= 11 is 0. The molecule has 0 aliphatic rings. The lowest BCUT2D eigenvalue weighted by Gasteiger charge is -2.24. The molecule has 0 fully saturated rings. The number of aliphatic carboxylic acids is 1. The summed E-state index contributed by atoms with van der Waals surface area (Å²) in [5.74, 6) is -2.83. The van der Waals surface area contributed by atoms with E-state index in [2.05, 4.69) is 16.0 Å². The number of rotatable bonds is 13. The molecule has 6 N–H and O–H groups in total. The molecule has 3 amide bonds. The van der Waals surface area contributed by atoms with Crippen molar-refractivity contribution in [3.63, 3.8) is 0 Å². The molecular weight excluding hydrogens is 466 g/mol. The lowest BCUT2D eigenvalue weighted by Crippen LogP contribution is -2.56. The van der Waals surface area contributed by atoms with Crippen molar-refractivity contribution >= 4 is 23.7 Å². The van der Waals surface area contributed by atoms with Crippen LogP contribution in [0.2, 0.25) is 0 Å². The van der Waals surface area contributed by atoms with Gasteiger partial charge in [0.15, 0.2) is 0 Å². The van der Waals surface area contributed by atoms with Crippen molar-refractivity contribution in [2.24, 2.45) is 0 Å². The maximum absolute atomic E-state index is 13.2. The molecule has 0 unspecified atom stereocenters. The summed E-state index contributed by atoms with van der Waals surface area (Å²) in [5.41, 5.74) is 1.30. The summed E-state index contributed by atoms with van der Waals surface area (Å²) in [4.78, 5) is 49.7. The fraction of sp³-hybridized carbons (Fsp3) is 0.385. The van der Waals surface area contributed by atoms with E-state index in [0.29, 0.717) is 17.5 Å². The lowest BCUT2D eigenvalue weighted by molar-refractivity contribution is -0.142. The van der Waals surface area contributed by atoms with Gasteiger partial charge in [-0.05, 0) is 41.8 Å². The SMILES string of the molecule is CCCC[C@H](NC(=O)[C@H](Cc1ccc(O)cc1)NC(=O)[C@H](Cc1ccc(O)cc1)NC(C)=O)C(=O)O. The summed E-state index contributed by atoms with van der Waals surface area (Å²) < 4.78 is 0. The second-order valence-corrected chi connectivity index (χ2v) is 8.60. The van der Waals surface area contributed by atoms with Crippen LogP contribution in [-0.2, 0) is 32.0 Å². The number of amides is 3. The van der Waals surface area contributed by atoms with Crippen LogP contribution in [0.3, 0.4) is 0 Å². The van der Waals surface area contributed by atoms with Crippen LogP contribution in [0.25, 0.3) is 0 Å². The van der Waals surface area contributed by atoms with E-state index in [0.717, 1.165) is 6.42 Å². The molecule has 3 atom stereocenters. The van der Waals surface area contributed by atoms with Crippen LogP contribution >= 0.6 is 0 Å².